The molecule has 0 heterocycles. The summed E-state index contributed by atoms with van der Waals surface area (Å²) in [5, 5.41) is 3.90. The van der Waals surface area contributed by atoms with E-state index in [0.717, 1.165) is 10.6 Å². The fourth-order valence-electron chi connectivity index (χ4n) is 3.49. The van der Waals surface area contributed by atoms with E-state index in [0.29, 0.717) is 22.2 Å². The van der Waals surface area contributed by atoms with Crippen LogP contribution in [0.25, 0.3) is 0 Å². The number of sulfonamides is 1. The molecular weight excluding hydrogens is 568 g/mol. The number of nitrogens with one attached hydrogen (secondary N) is 1. The van der Waals surface area contributed by atoms with Crippen molar-refractivity contribution in [2.75, 3.05) is 23.7 Å². The Bertz CT molecular complexity index is 1170. The number of anilines is 1. The number of carbonyl (C=O) groups excluding carboxylic acids is 2. The maximum absolute atomic E-state index is 13.7. The smallest absolute Gasteiger partial charge is 0.244 e. The van der Waals surface area contributed by atoms with E-state index in [2.05, 4.69) is 5.32 Å². The van der Waals surface area contributed by atoms with Gasteiger partial charge in [-0.15, -0.1) is 0 Å². The summed E-state index contributed by atoms with van der Waals surface area (Å²) in [6.45, 7) is 5.39. The summed E-state index contributed by atoms with van der Waals surface area (Å²) < 4.78 is 26.3. The molecule has 0 saturated carbocycles. The molecule has 0 spiro atoms. The number of nitrogens with zero attached hydrogens (tertiary/aromatic N) is 2. The van der Waals surface area contributed by atoms with Crippen molar-refractivity contribution >= 4 is 73.9 Å². The van der Waals surface area contributed by atoms with E-state index in [4.69, 9.17) is 46.4 Å². The fraction of sp³-hybridized carbons (Fsp3) is 0.417. The van der Waals surface area contributed by atoms with Crippen LogP contribution in [0.3, 0.4) is 0 Å². The highest BCUT2D eigenvalue weighted by Crippen LogP contribution is 2.29. The van der Waals surface area contributed by atoms with Crippen molar-refractivity contribution in [1.82, 2.24) is 10.2 Å². The van der Waals surface area contributed by atoms with Gasteiger partial charge < -0.3 is 10.2 Å². The minimum Gasteiger partial charge on any atom is -0.354 e. The van der Waals surface area contributed by atoms with E-state index in [1.807, 2.05) is 13.8 Å². The Morgan fingerprint density at radius 3 is 2.03 bits per heavy atom. The van der Waals surface area contributed by atoms with Crippen molar-refractivity contribution in [1.29, 1.82) is 0 Å². The molecule has 0 bridgehead atoms. The highest BCUT2D eigenvalue weighted by molar-refractivity contribution is 7.92. The second-order valence-electron chi connectivity index (χ2n) is 8.68. The molecule has 12 heteroatoms. The fourth-order valence-corrected chi connectivity index (χ4v) is 5.36. The Hall–Kier alpha value is -1.71. The first-order valence-electron chi connectivity index (χ1n) is 11.2. The summed E-state index contributed by atoms with van der Waals surface area (Å²) in [6, 6.07) is 8.26. The normalized spacial score (nSPS) is 12.4. The summed E-state index contributed by atoms with van der Waals surface area (Å²) in [6.07, 6.45) is 1.25. The molecule has 0 radical (unpaired) electrons. The van der Waals surface area contributed by atoms with E-state index in [1.54, 1.807) is 25.1 Å². The molecule has 2 rings (SSSR count). The van der Waals surface area contributed by atoms with Gasteiger partial charge in [-0.1, -0.05) is 73.2 Å². The maximum atomic E-state index is 13.7. The molecule has 0 fully saturated rings. The lowest BCUT2D eigenvalue weighted by Crippen LogP contribution is -2.52. The third kappa shape index (κ3) is 8.42. The first kappa shape index (κ1) is 30.5. The molecule has 1 atom stereocenters. The molecular formula is C24H29Cl4N3O4S. The van der Waals surface area contributed by atoms with Crippen molar-refractivity contribution in [2.45, 2.75) is 39.8 Å². The molecule has 2 aromatic rings. The molecule has 36 heavy (non-hydrogen) atoms. The third-order valence-corrected chi connectivity index (χ3v) is 7.56. The third-order valence-electron chi connectivity index (χ3n) is 5.28. The SMILES string of the molecule is CC[C@H](C(=O)NCC(C)C)N(Cc1c(Cl)cccc1Cl)C(=O)CN(c1cc(Cl)cc(Cl)c1)S(C)(=O)=O. The monoisotopic (exact) mass is 595 g/mol. The average molecular weight is 597 g/mol. The van der Waals surface area contributed by atoms with E-state index in [1.165, 1.54) is 23.1 Å². The molecule has 1 N–H and O–H groups in total. The number of rotatable bonds is 11. The predicted molar refractivity (Wildman–Crippen MR) is 148 cm³/mol. The van der Waals surface area contributed by atoms with Gasteiger partial charge in [-0.2, -0.15) is 0 Å². The number of amides is 2. The highest BCUT2D eigenvalue weighted by Gasteiger charge is 2.32. The van der Waals surface area contributed by atoms with Gasteiger partial charge in [-0.3, -0.25) is 13.9 Å². The Kier molecular flexibility index (Phi) is 11.2. The van der Waals surface area contributed by atoms with Gasteiger partial charge in [-0.25, -0.2) is 8.42 Å². The van der Waals surface area contributed by atoms with Crippen LogP contribution in [0.1, 0.15) is 32.8 Å². The van der Waals surface area contributed by atoms with E-state index in [-0.39, 0.29) is 40.5 Å². The predicted octanol–water partition coefficient (Wildman–Crippen LogP) is 5.65. The molecule has 0 unspecified atom stereocenters. The first-order valence-corrected chi connectivity index (χ1v) is 14.5. The standard InChI is InChI=1S/C24H29Cl4N3O4S/c1-5-22(24(33)29-12-15(2)3)30(13-19-20(27)7-6-8-21(19)28)23(32)14-31(36(4,34)35)18-10-16(25)9-17(26)11-18/h6-11,15,22H,5,12-14H2,1-4H3,(H,29,33)/t22-/m1/s1. The topological polar surface area (TPSA) is 86.8 Å². The number of benzene rings is 2. The van der Waals surface area contributed by atoms with Gasteiger partial charge in [0.15, 0.2) is 0 Å². The molecule has 2 amide bonds. The van der Waals surface area contributed by atoms with E-state index >= 15 is 0 Å². The van der Waals surface area contributed by atoms with Crippen LogP contribution in [-0.4, -0.2) is 50.5 Å². The second-order valence-corrected chi connectivity index (χ2v) is 12.3. The summed E-state index contributed by atoms with van der Waals surface area (Å²) >= 11 is 24.9. The van der Waals surface area contributed by atoms with Crippen LogP contribution in [-0.2, 0) is 26.2 Å². The maximum Gasteiger partial charge on any atom is 0.244 e. The van der Waals surface area contributed by atoms with Crippen LogP contribution < -0.4 is 9.62 Å². The van der Waals surface area contributed by atoms with Gasteiger partial charge in [0.05, 0.1) is 11.9 Å². The van der Waals surface area contributed by atoms with Crippen molar-refractivity contribution in [2.24, 2.45) is 5.92 Å². The zero-order valence-electron chi connectivity index (χ0n) is 20.4. The Morgan fingerprint density at radius 2 is 1.56 bits per heavy atom. The summed E-state index contributed by atoms with van der Waals surface area (Å²) in [5.74, 6) is -0.791. The number of hydrogen-bond donors (Lipinski definition) is 1. The molecule has 0 aliphatic carbocycles. The Morgan fingerprint density at radius 1 is 1.00 bits per heavy atom. The molecule has 0 aromatic heterocycles. The minimum absolute atomic E-state index is 0.0984. The quantitative estimate of drug-likeness (QED) is 0.363. The lowest BCUT2D eigenvalue weighted by molar-refractivity contribution is -0.140. The molecule has 198 valence electrons. The molecule has 0 aliphatic rings. The van der Waals surface area contributed by atoms with Gasteiger partial charge in [0.25, 0.3) is 0 Å². The largest absolute Gasteiger partial charge is 0.354 e. The van der Waals surface area contributed by atoms with Crippen LogP contribution >= 0.6 is 46.4 Å². The van der Waals surface area contributed by atoms with Gasteiger partial charge >= 0.3 is 0 Å². The number of carbonyl (C=O) groups is 2. The van der Waals surface area contributed by atoms with E-state index < -0.39 is 28.5 Å². The van der Waals surface area contributed by atoms with Crippen LogP contribution in [0.4, 0.5) is 5.69 Å². The number of hydrogen-bond acceptors (Lipinski definition) is 4. The molecule has 0 aliphatic heterocycles. The first-order chi connectivity index (χ1) is 16.7. The lowest BCUT2D eigenvalue weighted by Gasteiger charge is -2.33. The van der Waals surface area contributed by atoms with Crippen molar-refractivity contribution in [3.8, 4) is 0 Å². The van der Waals surface area contributed by atoms with Gasteiger partial charge in [-0.05, 0) is 42.7 Å². The lowest BCUT2D eigenvalue weighted by atomic mass is 10.1. The second kappa shape index (κ2) is 13.2. The van der Waals surface area contributed by atoms with Crippen molar-refractivity contribution in [3.05, 3.63) is 62.1 Å². The molecule has 0 saturated heterocycles. The van der Waals surface area contributed by atoms with Gasteiger partial charge in [0, 0.05) is 38.7 Å². The van der Waals surface area contributed by atoms with Gasteiger partial charge in [0.1, 0.15) is 12.6 Å². The minimum atomic E-state index is -3.93. The van der Waals surface area contributed by atoms with E-state index in [9.17, 15) is 18.0 Å². The summed E-state index contributed by atoms with van der Waals surface area (Å²) in [7, 11) is -3.93. The summed E-state index contributed by atoms with van der Waals surface area (Å²) in [5.41, 5.74) is 0.567. The average Bonchev–Trinajstić information content (AvgIpc) is 2.76. The van der Waals surface area contributed by atoms with Crippen LogP contribution in [0.15, 0.2) is 36.4 Å². The Balaban J connectivity index is 2.51. The van der Waals surface area contributed by atoms with Crippen molar-refractivity contribution in [3.63, 3.8) is 0 Å². The van der Waals surface area contributed by atoms with Crippen LogP contribution in [0, 0.1) is 5.92 Å². The number of halogens is 4. The zero-order valence-corrected chi connectivity index (χ0v) is 24.2. The van der Waals surface area contributed by atoms with Crippen molar-refractivity contribution < 1.29 is 18.0 Å². The zero-order chi connectivity index (χ0) is 27.2. The van der Waals surface area contributed by atoms with Crippen LogP contribution in [0.2, 0.25) is 20.1 Å². The van der Waals surface area contributed by atoms with Crippen LogP contribution in [0.5, 0.6) is 0 Å². The Labute approximate surface area is 232 Å². The molecule has 2 aromatic carbocycles. The summed E-state index contributed by atoms with van der Waals surface area (Å²) in [4.78, 5) is 28.1. The van der Waals surface area contributed by atoms with Gasteiger partial charge in [0.2, 0.25) is 21.8 Å². The molecule has 7 nitrogen and oxygen atoms in total. The highest BCUT2D eigenvalue weighted by atomic mass is 35.5.